The summed E-state index contributed by atoms with van der Waals surface area (Å²) in [6.45, 7) is 2.06. The quantitative estimate of drug-likeness (QED) is 0.306. The van der Waals surface area contributed by atoms with Crippen LogP contribution >= 0.6 is 11.3 Å². The topological polar surface area (TPSA) is 98.7 Å². The minimum Gasteiger partial charge on any atom is -0.493 e. The number of nitrogens with zero attached hydrogens (tertiary/aromatic N) is 4. The average molecular weight is 400 g/mol. The van der Waals surface area contributed by atoms with Gasteiger partial charge in [0.2, 0.25) is 4.80 Å². The van der Waals surface area contributed by atoms with Crippen molar-refractivity contribution in [3.8, 4) is 17.6 Å². The maximum absolute atomic E-state index is 12.3. The van der Waals surface area contributed by atoms with Crippen molar-refractivity contribution in [2.45, 2.75) is 13.3 Å². The monoisotopic (exact) mass is 400 g/mol. The van der Waals surface area contributed by atoms with E-state index >= 15 is 0 Å². The lowest BCUT2D eigenvalue weighted by atomic mass is 10.2. The summed E-state index contributed by atoms with van der Waals surface area (Å²) in [6, 6.07) is 6.98. The number of methoxy groups -OCH3 is 2. The fourth-order valence-electron chi connectivity index (χ4n) is 2.10. The summed E-state index contributed by atoms with van der Waals surface area (Å²) in [5, 5.41) is 14.4. The molecule has 146 valence electrons. The van der Waals surface area contributed by atoms with E-state index in [4.69, 9.17) is 14.2 Å². The van der Waals surface area contributed by atoms with Gasteiger partial charge in [-0.2, -0.15) is 15.4 Å². The third-order valence-electron chi connectivity index (χ3n) is 3.48. The van der Waals surface area contributed by atoms with E-state index in [1.807, 2.05) is 13.0 Å². The van der Waals surface area contributed by atoms with Gasteiger partial charge >= 0.3 is 0 Å². The zero-order chi connectivity index (χ0) is 20.5. The first kappa shape index (κ1) is 21.1. The molecule has 2 aromatic rings. The fourth-order valence-corrected chi connectivity index (χ4v) is 2.92. The molecular weight excluding hydrogens is 380 g/mol. The lowest BCUT2D eigenvalue weighted by molar-refractivity contribution is -0.114. The van der Waals surface area contributed by atoms with Crippen LogP contribution in [0.4, 0.5) is 0 Å². The van der Waals surface area contributed by atoms with E-state index in [-0.39, 0.29) is 12.4 Å². The Morgan fingerprint density at radius 1 is 1.39 bits per heavy atom. The largest absolute Gasteiger partial charge is 0.493 e. The van der Waals surface area contributed by atoms with E-state index in [9.17, 15) is 10.1 Å². The van der Waals surface area contributed by atoms with Crippen LogP contribution in [-0.2, 0) is 23.0 Å². The fraction of sp³-hybridized carbons (Fsp3) is 0.316. The molecule has 0 bridgehead atoms. The Labute approximate surface area is 166 Å². The molecule has 0 saturated heterocycles. The van der Waals surface area contributed by atoms with Crippen molar-refractivity contribution in [3.05, 3.63) is 44.9 Å². The smallest absolute Gasteiger partial charge is 0.298 e. The van der Waals surface area contributed by atoms with Crippen LogP contribution in [0.5, 0.6) is 11.5 Å². The van der Waals surface area contributed by atoms with Crippen LogP contribution in [0.25, 0.3) is 6.08 Å². The van der Waals surface area contributed by atoms with E-state index in [1.54, 1.807) is 25.2 Å². The van der Waals surface area contributed by atoms with Gasteiger partial charge in [0.1, 0.15) is 11.1 Å². The maximum atomic E-state index is 12.3. The van der Waals surface area contributed by atoms with Crippen LogP contribution in [0.2, 0.25) is 0 Å². The number of hydrogen-bond donors (Lipinski definition) is 0. The number of rotatable bonds is 7. The van der Waals surface area contributed by atoms with E-state index < -0.39 is 5.91 Å². The number of carbonyl (C=O) groups is 1. The first-order chi connectivity index (χ1) is 13.5. The predicted octanol–water partition coefficient (Wildman–Crippen LogP) is 2.22. The molecule has 1 heterocycles. The highest BCUT2D eigenvalue weighted by Crippen LogP contribution is 2.28. The molecule has 0 aliphatic carbocycles. The summed E-state index contributed by atoms with van der Waals surface area (Å²) >= 11 is 1.31. The second-order valence-corrected chi connectivity index (χ2v) is 6.45. The molecule has 2 rings (SSSR count). The summed E-state index contributed by atoms with van der Waals surface area (Å²) in [4.78, 5) is 16.7. The van der Waals surface area contributed by atoms with Crippen LogP contribution in [0.15, 0.2) is 34.5 Å². The SMILES string of the molecule is CCc1nn(C)/c(=N\C(=O)C(=C=Cc2ccc(OCOC)c(OC)c2)C#N)s1. The molecule has 1 aromatic heterocycles. The summed E-state index contributed by atoms with van der Waals surface area (Å²) in [5.74, 6) is 0.333. The van der Waals surface area contributed by atoms with Gasteiger partial charge in [0, 0.05) is 14.2 Å². The number of nitriles is 1. The van der Waals surface area contributed by atoms with Crippen molar-refractivity contribution in [3.63, 3.8) is 0 Å². The van der Waals surface area contributed by atoms with Gasteiger partial charge in [0.25, 0.3) is 5.91 Å². The molecule has 0 N–H and O–H groups in total. The molecule has 9 heteroatoms. The van der Waals surface area contributed by atoms with Crippen LogP contribution in [-0.4, -0.2) is 36.7 Å². The zero-order valence-electron chi connectivity index (χ0n) is 16.1. The Morgan fingerprint density at radius 3 is 2.79 bits per heavy atom. The van der Waals surface area contributed by atoms with Crippen molar-refractivity contribution >= 4 is 23.3 Å². The molecule has 0 unspecified atom stereocenters. The van der Waals surface area contributed by atoms with Gasteiger partial charge in [0.05, 0.1) is 7.11 Å². The number of benzene rings is 1. The Morgan fingerprint density at radius 2 is 2.18 bits per heavy atom. The highest BCUT2D eigenvalue weighted by Gasteiger charge is 2.09. The predicted molar refractivity (Wildman–Crippen MR) is 104 cm³/mol. The molecular formula is C19H20N4O4S. The number of hydrogen-bond acceptors (Lipinski definition) is 7. The zero-order valence-corrected chi connectivity index (χ0v) is 16.9. The van der Waals surface area contributed by atoms with Gasteiger partial charge in [-0.05, 0) is 30.2 Å². The van der Waals surface area contributed by atoms with Gasteiger partial charge in [-0.15, -0.1) is 0 Å². The number of aromatic nitrogens is 2. The van der Waals surface area contributed by atoms with E-state index in [2.05, 4.69) is 15.8 Å². The number of ether oxygens (including phenoxy) is 3. The van der Waals surface area contributed by atoms with E-state index in [1.165, 1.54) is 36.3 Å². The van der Waals surface area contributed by atoms with Gasteiger partial charge in [0.15, 0.2) is 23.9 Å². The third kappa shape index (κ3) is 5.41. The molecule has 0 aliphatic heterocycles. The van der Waals surface area contributed by atoms with Crippen LogP contribution in [0, 0.1) is 11.3 Å². The normalized spacial score (nSPS) is 10.8. The van der Waals surface area contributed by atoms with Crippen LogP contribution in [0.3, 0.4) is 0 Å². The summed E-state index contributed by atoms with van der Waals surface area (Å²) in [6.07, 6.45) is 2.26. The minimum absolute atomic E-state index is 0.0921. The van der Waals surface area contributed by atoms with Gasteiger partial charge in [-0.3, -0.25) is 4.79 Å². The van der Waals surface area contributed by atoms with Crippen molar-refractivity contribution < 1.29 is 19.0 Å². The molecule has 0 aliphatic rings. The second-order valence-electron chi connectivity index (χ2n) is 5.41. The number of aryl methyl sites for hydroxylation is 2. The molecule has 1 aromatic carbocycles. The van der Waals surface area contributed by atoms with Crippen molar-refractivity contribution in [1.29, 1.82) is 5.26 Å². The maximum Gasteiger partial charge on any atom is 0.298 e. The standard InChI is InChI=1S/C19H20N4O4S/c1-5-17-22-23(2)19(28-17)21-18(24)14(11-20)8-6-13-7-9-15(27-12-25-3)16(10-13)26-4/h6-7,9-10H,5,12H2,1-4H3/b21-19+. The highest BCUT2D eigenvalue weighted by molar-refractivity contribution is 7.08. The first-order valence-corrected chi connectivity index (χ1v) is 9.12. The minimum atomic E-state index is -0.673. The molecule has 0 spiro atoms. The van der Waals surface area contributed by atoms with Crippen molar-refractivity contribution in [2.75, 3.05) is 21.0 Å². The molecule has 0 radical (unpaired) electrons. The van der Waals surface area contributed by atoms with Gasteiger partial charge in [-0.1, -0.05) is 30.1 Å². The van der Waals surface area contributed by atoms with Crippen molar-refractivity contribution in [2.24, 2.45) is 12.0 Å². The average Bonchev–Trinajstić information content (AvgIpc) is 3.06. The van der Waals surface area contributed by atoms with Crippen LogP contribution < -0.4 is 14.3 Å². The summed E-state index contributed by atoms with van der Waals surface area (Å²) < 4.78 is 17.1. The van der Waals surface area contributed by atoms with E-state index in [0.717, 1.165) is 11.4 Å². The Balaban J connectivity index is 2.33. The molecule has 0 saturated carbocycles. The van der Waals surface area contributed by atoms with Gasteiger partial charge in [-0.25, -0.2) is 4.68 Å². The molecule has 1 amide bonds. The highest BCUT2D eigenvalue weighted by atomic mass is 32.1. The third-order valence-corrected chi connectivity index (χ3v) is 4.62. The second kappa shape index (κ2) is 10.2. The van der Waals surface area contributed by atoms with Crippen LogP contribution in [0.1, 0.15) is 17.5 Å². The van der Waals surface area contributed by atoms with Crippen molar-refractivity contribution in [1.82, 2.24) is 9.78 Å². The first-order valence-electron chi connectivity index (χ1n) is 8.31. The lowest BCUT2D eigenvalue weighted by Gasteiger charge is -2.10. The Kier molecular flexibility index (Phi) is 7.72. The van der Waals surface area contributed by atoms with E-state index in [0.29, 0.717) is 21.9 Å². The molecule has 28 heavy (non-hydrogen) atoms. The molecule has 0 atom stereocenters. The lowest BCUT2D eigenvalue weighted by Crippen LogP contribution is -2.14. The summed E-state index contributed by atoms with van der Waals surface area (Å²) in [5.41, 5.74) is 3.18. The Bertz CT molecular complexity index is 1020. The summed E-state index contributed by atoms with van der Waals surface area (Å²) in [7, 11) is 4.74. The van der Waals surface area contributed by atoms with Gasteiger partial charge < -0.3 is 14.2 Å². The number of amides is 1. The molecule has 0 fully saturated rings. The molecule has 8 nitrogen and oxygen atoms in total. The number of carbonyl (C=O) groups excluding carboxylic acids is 1. The Hall–Kier alpha value is -3.18.